The van der Waals surface area contributed by atoms with Crippen molar-refractivity contribution in [3.05, 3.63) is 50.9 Å². The Morgan fingerprint density at radius 2 is 1.74 bits per heavy atom. The molecule has 0 heterocycles. The lowest BCUT2D eigenvalue weighted by atomic mass is 10.2. The molecule has 2 rings (SSSR count). The van der Waals surface area contributed by atoms with Crippen molar-refractivity contribution in [1.82, 2.24) is 0 Å². The molecule has 2 aromatic carbocycles. The molecule has 0 aliphatic carbocycles. The van der Waals surface area contributed by atoms with Gasteiger partial charge in [0, 0.05) is 6.07 Å². The van der Waals surface area contributed by atoms with Crippen LogP contribution in [0.4, 0.5) is 0 Å². The summed E-state index contributed by atoms with van der Waals surface area (Å²) in [6.45, 7) is 2.54. The summed E-state index contributed by atoms with van der Waals surface area (Å²) >= 11 is 6.58. The lowest BCUT2D eigenvalue weighted by Crippen LogP contribution is -2.18. The Labute approximate surface area is 175 Å². The smallest absolute Gasteiger partial charge is 0.349 e. The van der Waals surface area contributed by atoms with E-state index in [1.165, 1.54) is 0 Å². The zero-order chi connectivity index (χ0) is 19.6. The van der Waals surface area contributed by atoms with Crippen molar-refractivity contribution in [2.24, 2.45) is 0 Å². The Morgan fingerprint density at radius 3 is 2.37 bits per heavy atom. The lowest BCUT2D eigenvalue weighted by Gasteiger charge is -2.11. The van der Waals surface area contributed by atoms with Crippen molar-refractivity contribution in [3.8, 4) is 23.3 Å². The van der Waals surface area contributed by atoms with Crippen LogP contribution in [0.2, 0.25) is 0 Å². The molecule has 0 atom stereocenters. The molecule has 142 valence electrons. The monoisotopic (exact) mass is 495 g/mol. The normalized spacial score (nSPS) is 10.1. The van der Waals surface area contributed by atoms with E-state index >= 15 is 0 Å². The van der Waals surface area contributed by atoms with E-state index in [9.17, 15) is 4.79 Å². The quantitative estimate of drug-likeness (QED) is 0.255. The molecule has 0 saturated carbocycles. The summed E-state index contributed by atoms with van der Waals surface area (Å²) in [6, 6.07) is 12.3. The number of ether oxygens (including phenoxy) is 3. The van der Waals surface area contributed by atoms with Gasteiger partial charge in [0.05, 0.1) is 27.2 Å². The second-order valence-corrected chi connectivity index (χ2v) is 7.38. The Hall–Kier alpha value is -2.04. The van der Waals surface area contributed by atoms with E-state index in [0.717, 1.165) is 19.3 Å². The molecule has 0 bridgehead atoms. The molecule has 0 unspecified atom stereocenters. The molecular formula is C20H19Br2NO4. The number of esters is 1. The van der Waals surface area contributed by atoms with Crippen LogP contribution in [-0.2, 0) is 4.79 Å². The summed E-state index contributed by atoms with van der Waals surface area (Å²) < 4.78 is 17.5. The van der Waals surface area contributed by atoms with Gasteiger partial charge in [-0.2, -0.15) is 5.26 Å². The zero-order valence-corrected chi connectivity index (χ0v) is 18.0. The standard InChI is InChI=1S/C20H19Br2NO4/c1-2-3-4-8-25-15-6-5-7-16(11-15)26-13-19(24)27-20-17(21)9-14(12-23)10-18(20)22/h5-7,9-11H,2-4,8,13H2,1H3. The number of carbonyl (C=O) groups is 1. The van der Waals surface area contributed by atoms with Gasteiger partial charge in [0.25, 0.3) is 0 Å². The summed E-state index contributed by atoms with van der Waals surface area (Å²) in [5.41, 5.74) is 0.445. The number of carbonyl (C=O) groups excluding carboxylic acids is 1. The van der Waals surface area contributed by atoms with Gasteiger partial charge in [-0.25, -0.2) is 4.79 Å². The van der Waals surface area contributed by atoms with Crippen molar-refractivity contribution in [1.29, 1.82) is 5.26 Å². The van der Waals surface area contributed by atoms with Crippen LogP contribution in [0, 0.1) is 11.3 Å². The fourth-order valence-electron chi connectivity index (χ4n) is 2.20. The van der Waals surface area contributed by atoms with Crippen molar-refractivity contribution in [2.75, 3.05) is 13.2 Å². The highest BCUT2D eigenvalue weighted by atomic mass is 79.9. The summed E-state index contributed by atoms with van der Waals surface area (Å²) in [6.07, 6.45) is 3.27. The summed E-state index contributed by atoms with van der Waals surface area (Å²) in [5, 5.41) is 8.94. The average molecular weight is 497 g/mol. The third-order valence-corrected chi connectivity index (χ3v) is 4.70. The Balaban J connectivity index is 1.90. The van der Waals surface area contributed by atoms with Gasteiger partial charge in [-0.05, 0) is 62.5 Å². The van der Waals surface area contributed by atoms with E-state index < -0.39 is 5.97 Å². The van der Waals surface area contributed by atoms with E-state index in [2.05, 4.69) is 38.8 Å². The molecule has 0 amide bonds. The second-order valence-electron chi connectivity index (χ2n) is 5.67. The number of benzene rings is 2. The molecule has 0 radical (unpaired) electrons. The minimum absolute atomic E-state index is 0.252. The predicted octanol–water partition coefficient (Wildman–Crippen LogP) is 5.64. The number of nitriles is 1. The largest absolute Gasteiger partial charge is 0.493 e. The summed E-state index contributed by atoms with van der Waals surface area (Å²) in [4.78, 5) is 12.1. The molecule has 27 heavy (non-hydrogen) atoms. The Kier molecular flexibility index (Phi) is 8.62. The van der Waals surface area contributed by atoms with Crippen LogP contribution in [-0.4, -0.2) is 19.2 Å². The first-order valence-corrected chi connectivity index (χ1v) is 10.1. The predicted molar refractivity (Wildman–Crippen MR) is 109 cm³/mol. The lowest BCUT2D eigenvalue weighted by molar-refractivity contribution is -0.136. The first kappa shape index (κ1) is 21.3. The number of unbranched alkanes of at least 4 members (excludes halogenated alkanes) is 2. The van der Waals surface area contributed by atoms with Gasteiger partial charge < -0.3 is 14.2 Å². The van der Waals surface area contributed by atoms with Crippen LogP contribution < -0.4 is 14.2 Å². The maximum atomic E-state index is 12.1. The number of nitrogens with zero attached hydrogens (tertiary/aromatic N) is 1. The SMILES string of the molecule is CCCCCOc1cccc(OCC(=O)Oc2c(Br)cc(C#N)cc2Br)c1. The molecular weight excluding hydrogens is 478 g/mol. The van der Waals surface area contributed by atoms with Crippen molar-refractivity contribution in [3.63, 3.8) is 0 Å². The van der Waals surface area contributed by atoms with Crippen LogP contribution in [0.3, 0.4) is 0 Å². The second kappa shape index (κ2) is 11.0. The summed E-state index contributed by atoms with van der Waals surface area (Å²) in [7, 11) is 0. The van der Waals surface area contributed by atoms with Gasteiger partial charge in [-0.3, -0.25) is 0 Å². The third kappa shape index (κ3) is 6.89. The topological polar surface area (TPSA) is 68.6 Å². The van der Waals surface area contributed by atoms with Crippen LogP contribution in [0.1, 0.15) is 31.7 Å². The third-order valence-electron chi connectivity index (χ3n) is 3.52. The number of halogens is 2. The summed E-state index contributed by atoms with van der Waals surface area (Å²) in [5.74, 6) is 0.971. The number of hydrogen-bond acceptors (Lipinski definition) is 5. The zero-order valence-electron chi connectivity index (χ0n) is 14.8. The molecule has 5 nitrogen and oxygen atoms in total. The van der Waals surface area contributed by atoms with Crippen LogP contribution in [0.15, 0.2) is 45.3 Å². The van der Waals surface area contributed by atoms with E-state index in [0.29, 0.717) is 38.4 Å². The maximum absolute atomic E-state index is 12.1. The van der Waals surface area contributed by atoms with E-state index in [1.807, 2.05) is 18.2 Å². The van der Waals surface area contributed by atoms with Gasteiger partial charge in [0.1, 0.15) is 11.5 Å². The molecule has 0 spiro atoms. The molecule has 2 aromatic rings. The van der Waals surface area contributed by atoms with E-state index in [-0.39, 0.29) is 6.61 Å². The van der Waals surface area contributed by atoms with Gasteiger partial charge in [0.15, 0.2) is 12.4 Å². The van der Waals surface area contributed by atoms with Crippen LogP contribution in [0.5, 0.6) is 17.2 Å². The first-order valence-electron chi connectivity index (χ1n) is 8.49. The van der Waals surface area contributed by atoms with Crippen molar-refractivity contribution < 1.29 is 19.0 Å². The molecule has 0 aliphatic rings. The minimum Gasteiger partial charge on any atom is -0.493 e. The average Bonchev–Trinajstić information content (AvgIpc) is 2.66. The highest BCUT2D eigenvalue weighted by molar-refractivity contribution is 9.11. The molecule has 0 fully saturated rings. The van der Waals surface area contributed by atoms with Crippen molar-refractivity contribution >= 4 is 37.8 Å². The van der Waals surface area contributed by atoms with Gasteiger partial charge in [-0.15, -0.1) is 0 Å². The van der Waals surface area contributed by atoms with Crippen molar-refractivity contribution in [2.45, 2.75) is 26.2 Å². The van der Waals surface area contributed by atoms with E-state index in [4.69, 9.17) is 19.5 Å². The fraction of sp³-hybridized carbons (Fsp3) is 0.300. The minimum atomic E-state index is -0.560. The number of hydrogen-bond donors (Lipinski definition) is 0. The maximum Gasteiger partial charge on any atom is 0.349 e. The highest BCUT2D eigenvalue weighted by Crippen LogP contribution is 2.34. The number of rotatable bonds is 9. The molecule has 0 aliphatic heterocycles. The fourth-order valence-corrected chi connectivity index (χ4v) is 3.55. The van der Waals surface area contributed by atoms with Gasteiger partial charge in [0.2, 0.25) is 0 Å². The van der Waals surface area contributed by atoms with Crippen LogP contribution in [0.25, 0.3) is 0 Å². The van der Waals surface area contributed by atoms with Gasteiger partial charge in [-0.1, -0.05) is 25.8 Å². The molecule has 0 aromatic heterocycles. The van der Waals surface area contributed by atoms with Crippen LogP contribution >= 0.6 is 31.9 Å². The van der Waals surface area contributed by atoms with E-state index in [1.54, 1.807) is 24.3 Å². The van der Waals surface area contributed by atoms with Gasteiger partial charge >= 0.3 is 5.97 Å². The first-order chi connectivity index (χ1) is 13.0. The molecule has 7 heteroatoms. The Bertz CT molecular complexity index is 810. The molecule has 0 N–H and O–H groups in total. The Morgan fingerprint density at radius 1 is 1.07 bits per heavy atom. The molecule has 0 saturated heterocycles. The highest BCUT2D eigenvalue weighted by Gasteiger charge is 2.14.